The molecule has 2 aliphatic rings. The van der Waals surface area contributed by atoms with Crippen LogP contribution in [0.3, 0.4) is 0 Å². The Morgan fingerprint density at radius 3 is 3.17 bits per heavy atom. The summed E-state index contributed by atoms with van der Waals surface area (Å²) >= 11 is 0. The van der Waals surface area contributed by atoms with Crippen molar-refractivity contribution in [1.29, 1.82) is 0 Å². The molecule has 0 amide bonds. The molecule has 1 aliphatic carbocycles. The Labute approximate surface area is 68.6 Å². The van der Waals surface area contributed by atoms with Crippen molar-refractivity contribution in [2.45, 2.75) is 6.42 Å². The molecule has 0 saturated carbocycles. The fraction of sp³-hybridized carbons (Fsp3) is 0.0909. The van der Waals surface area contributed by atoms with Gasteiger partial charge in [-0.15, -0.1) is 0 Å². The summed E-state index contributed by atoms with van der Waals surface area (Å²) in [5, 5.41) is 2.98. The van der Waals surface area contributed by atoms with Crippen LogP contribution in [-0.4, -0.2) is 4.40 Å². The maximum atomic E-state index is 2.41. The van der Waals surface area contributed by atoms with Crippen molar-refractivity contribution in [2.24, 2.45) is 0 Å². The number of hydrogen-bond donors (Lipinski definition) is 0. The van der Waals surface area contributed by atoms with E-state index in [1.807, 2.05) is 0 Å². The molecular formula is C11H5N. The lowest BCUT2D eigenvalue weighted by Gasteiger charge is -1.92. The van der Waals surface area contributed by atoms with E-state index in [2.05, 4.69) is 22.6 Å². The van der Waals surface area contributed by atoms with Crippen LogP contribution in [0, 0.1) is 0 Å². The molecule has 0 fully saturated rings. The van der Waals surface area contributed by atoms with E-state index >= 15 is 0 Å². The van der Waals surface area contributed by atoms with Crippen LogP contribution in [0.2, 0.25) is 0 Å². The zero-order valence-corrected chi connectivity index (χ0v) is 6.39. The first kappa shape index (κ1) is 4.51. The summed E-state index contributed by atoms with van der Waals surface area (Å²) in [4.78, 5) is 0. The first-order valence-corrected chi connectivity index (χ1v) is 4.36. The van der Waals surface area contributed by atoms with E-state index in [0.717, 1.165) is 0 Å². The summed E-state index contributed by atoms with van der Waals surface area (Å²) < 4.78 is 2.41. The van der Waals surface area contributed by atoms with Crippen LogP contribution in [0.1, 0.15) is 11.1 Å². The number of fused-ring (bicyclic) bond motifs is 3. The molecule has 54 valence electrons. The van der Waals surface area contributed by atoms with Gasteiger partial charge in [0.1, 0.15) is 0 Å². The highest BCUT2D eigenvalue weighted by molar-refractivity contribution is 6.13. The molecule has 3 heterocycles. The van der Waals surface area contributed by atoms with E-state index < -0.39 is 0 Å². The Bertz CT molecular complexity index is 669. The van der Waals surface area contributed by atoms with Gasteiger partial charge in [0.15, 0.2) is 0 Å². The van der Waals surface area contributed by atoms with Gasteiger partial charge in [0.25, 0.3) is 0 Å². The molecule has 1 nitrogen and oxygen atoms in total. The molecular weight excluding hydrogens is 146 g/mol. The lowest BCUT2D eigenvalue weighted by molar-refractivity contribution is 1.27. The van der Waals surface area contributed by atoms with Crippen molar-refractivity contribution in [2.75, 3.05) is 0 Å². The third-order valence-electron chi connectivity index (χ3n) is 3.36. The predicted molar refractivity (Wildman–Crippen MR) is 47.9 cm³/mol. The first-order chi connectivity index (χ1) is 5.93. The van der Waals surface area contributed by atoms with Crippen LogP contribution in [-0.2, 0) is 6.42 Å². The Kier molecular flexibility index (Phi) is 0.367. The number of aromatic nitrogens is 1. The normalized spacial score (nSPS) is 16.0. The van der Waals surface area contributed by atoms with Crippen molar-refractivity contribution < 1.29 is 0 Å². The monoisotopic (exact) mass is 151 g/mol. The van der Waals surface area contributed by atoms with Crippen LogP contribution in [0.15, 0.2) is 18.2 Å². The molecule has 2 bridgehead atoms. The van der Waals surface area contributed by atoms with Gasteiger partial charge in [0.2, 0.25) is 0 Å². The molecule has 5 rings (SSSR count). The molecule has 1 aliphatic heterocycles. The lowest BCUT2D eigenvalue weighted by Crippen LogP contribution is -1.78. The third-order valence-corrected chi connectivity index (χ3v) is 3.36. The summed E-state index contributed by atoms with van der Waals surface area (Å²) in [7, 11) is 0. The van der Waals surface area contributed by atoms with Crippen LogP contribution in [0.4, 0.5) is 0 Å². The highest BCUT2D eigenvalue weighted by atomic mass is 15.1. The number of rotatable bonds is 0. The average Bonchev–Trinajstić information content (AvgIpc) is 2.44. The summed E-state index contributed by atoms with van der Waals surface area (Å²) in [6.45, 7) is 0. The van der Waals surface area contributed by atoms with E-state index in [1.165, 1.54) is 39.7 Å². The summed E-state index contributed by atoms with van der Waals surface area (Å²) in [5.41, 5.74) is 7.59. The molecule has 0 atom stereocenters. The second-order valence-corrected chi connectivity index (χ2v) is 3.95. The number of hydrogen-bond acceptors (Lipinski definition) is 0. The Hall–Kier alpha value is -1.50. The first-order valence-electron chi connectivity index (χ1n) is 4.36. The van der Waals surface area contributed by atoms with Crippen molar-refractivity contribution in [3.8, 4) is 11.4 Å². The SMILES string of the molecule is c1c2cc3c(c4n5c-4cc1c35)C2. The van der Waals surface area contributed by atoms with Crippen LogP contribution in [0.25, 0.3) is 27.7 Å². The fourth-order valence-corrected chi connectivity index (χ4v) is 2.90. The minimum Gasteiger partial charge on any atom is -0.305 e. The topological polar surface area (TPSA) is 4.41 Å². The van der Waals surface area contributed by atoms with E-state index in [1.54, 1.807) is 5.56 Å². The fourth-order valence-electron chi connectivity index (χ4n) is 2.90. The van der Waals surface area contributed by atoms with E-state index in [-0.39, 0.29) is 0 Å². The predicted octanol–water partition coefficient (Wildman–Crippen LogP) is 2.41. The van der Waals surface area contributed by atoms with Gasteiger partial charge in [-0.2, -0.15) is 0 Å². The number of benzene rings is 1. The average molecular weight is 151 g/mol. The van der Waals surface area contributed by atoms with E-state index in [0.29, 0.717) is 0 Å². The smallest absolute Gasteiger partial charge is 0.0746 e. The summed E-state index contributed by atoms with van der Waals surface area (Å²) in [6, 6.07) is 7.01. The van der Waals surface area contributed by atoms with Crippen molar-refractivity contribution in [3.63, 3.8) is 0 Å². The molecule has 0 radical (unpaired) electrons. The number of nitrogens with zero attached hydrogens (tertiary/aromatic N) is 1. The van der Waals surface area contributed by atoms with Crippen molar-refractivity contribution >= 4 is 16.3 Å². The molecule has 12 heavy (non-hydrogen) atoms. The molecule has 1 aromatic carbocycles. The Morgan fingerprint density at radius 1 is 1.17 bits per heavy atom. The Morgan fingerprint density at radius 2 is 2.17 bits per heavy atom. The largest absolute Gasteiger partial charge is 0.305 e. The van der Waals surface area contributed by atoms with E-state index in [4.69, 9.17) is 0 Å². The minimum absolute atomic E-state index is 1.19. The Balaban J connectivity index is 2.48. The summed E-state index contributed by atoms with van der Waals surface area (Å²) in [6.07, 6.45) is 1.19. The maximum absolute atomic E-state index is 2.41. The van der Waals surface area contributed by atoms with Gasteiger partial charge in [0.05, 0.1) is 16.9 Å². The van der Waals surface area contributed by atoms with Gasteiger partial charge in [-0.25, -0.2) is 0 Å². The molecule has 3 aromatic rings. The molecule has 0 N–H and O–H groups in total. The van der Waals surface area contributed by atoms with Crippen LogP contribution >= 0.6 is 0 Å². The quantitative estimate of drug-likeness (QED) is 0.320. The number of pyridine rings is 2. The van der Waals surface area contributed by atoms with Crippen LogP contribution in [0.5, 0.6) is 0 Å². The molecule has 0 unspecified atom stereocenters. The van der Waals surface area contributed by atoms with Gasteiger partial charge in [-0.1, -0.05) is 0 Å². The van der Waals surface area contributed by atoms with Gasteiger partial charge >= 0.3 is 0 Å². The molecule has 1 heteroatoms. The van der Waals surface area contributed by atoms with Crippen LogP contribution < -0.4 is 0 Å². The highest BCUT2D eigenvalue weighted by Crippen LogP contribution is 2.52. The van der Waals surface area contributed by atoms with Gasteiger partial charge in [0, 0.05) is 17.2 Å². The standard InChI is InChI=1S/C11H5N/c1-5-2-7-8(3-5)11-9-4-6(1)10(7)12(9)11/h1-2,4H,3H2. The second-order valence-electron chi connectivity index (χ2n) is 3.95. The van der Waals surface area contributed by atoms with Crippen molar-refractivity contribution in [3.05, 3.63) is 29.3 Å². The lowest BCUT2D eigenvalue weighted by atomic mass is 10.1. The van der Waals surface area contributed by atoms with Gasteiger partial charge in [-0.3, -0.25) is 0 Å². The van der Waals surface area contributed by atoms with E-state index in [9.17, 15) is 0 Å². The van der Waals surface area contributed by atoms with Crippen molar-refractivity contribution in [1.82, 2.24) is 4.40 Å². The van der Waals surface area contributed by atoms with Gasteiger partial charge in [-0.05, 0) is 29.3 Å². The minimum atomic E-state index is 1.19. The van der Waals surface area contributed by atoms with Gasteiger partial charge < -0.3 is 4.40 Å². The zero-order chi connectivity index (χ0) is 7.45. The maximum Gasteiger partial charge on any atom is 0.0746 e. The zero-order valence-electron chi connectivity index (χ0n) is 6.39. The second kappa shape index (κ2) is 0.977. The summed E-state index contributed by atoms with van der Waals surface area (Å²) in [5.74, 6) is 0. The third kappa shape index (κ3) is 0.241. The molecule has 0 spiro atoms. The highest BCUT2D eigenvalue weighted by Gasteiger charge is 2.35. The molecule has 0 saturated heterocycles. The molecule has 2 aromatic heterocycles.